The van der Waals surface area contributed by atoms with Crippen LogP contribution in [0.1, 0.15) is 727 Å². The van der Waals surface area contributed by atoms with Crippen molar-refractivity contribution in [2.24, 2.45) is 35.5 Å². The molecule has 0 spiro atoms. The van der Waals surface area contributed by atoms with Crippen molar-refractivity contribution < 1.29 is 0 Å². The van der Waals surface area contributed by atoms with Gasteiger partial charge in [-0.15, -0.1) is 0 Å². The average molecular weight is 1670 g/mol. The average Bonchev–Trinajstić information content (AvgIpc) is 0.900. The molecule has 0 N–H and O–H groups in total. The molecule has 118 heavy (non-hydrogen) atoms. The highest BCUT2D eigenvalue weighted by Crippen LogP contribution is 2.39. The highest BCUT2D eigenvalue weighted by atomic mass is 14.3. The van der Waals surface area contributed by atoms with E-state index in [0.717, 1.165) is 35.5 Å². The molecule has 2 aliphatic carbocycles. The Bertz CT molecular complexity index is 1410. The van der Waals surface area contributed by atoms with Gasteiger partial charge in [0.1, 0.15) is 0 Å². The molecule has 2 rings (SSSR count). The molecule has 0 saturated heterocycles. The van der Waals surface area contributed by atoms with Gasteiger partial charge in [-0.2, -0.15) is 0 Å². The van der Waals surface area contributed by atoms with E-state index in [0.29, 0.717) is 0 Å². The van der Waals surface area contributed by atoms with Crippen LogP contribution in [0.15, 0.2) is 0 Å². The quantitative estimate of drug-likeness (QED) is 0.0533. The predicted molar refractivity (Wildman–Crippen MR) is 555 cm³/mol. The Hall–Kier alpha value is 0. The lowest BCUT2D eigenvalue weighted by Crippen LogP contribution is -2.19. The van der Waals surface area contributed by atoms with Crippen LogP contribution < -0.4 is 0 Å². The van der Waals surface area contributed by atoms with Gasteiger partial charge in [0.15, 0.2) is 0 Å². The van der Waals surface area contributed by atoms with Crippen LogP contribution in [-0.2, 0) is 0 Å². The second kappa shape index (κ2) is 121. The molecule has 0 aliphatic heterocycles. The maximum atomic E-state index is 2.35. The first-order chi connectivity index (χ1) is 58.2. The lowest BCUT2D eigenvalue weighted by Gasteiger charge is -2.32. The molecular formula is C118H246. The first kappa shape index (κ1) is 127. The summed E-state index contributed by atoms with van der Waals surface area (Å²) in [6, 6.07) is 0. The molecule has 0 amide bonds. The van der Waals surface area contributed by atoms with Crippen LogP contribution >= 0.6 is 0 Å². The van der Waals surface area contributed by atoms with Crippen molar-refractivity contribution in [3.05, 3.63) is 0 Å². The van der Waals surface area contributed by atoms with Crippen molar-refractivity contribution in [2.75, 3.05) is 0 Å². The van der Waals surface area contributed by atoms with E-state index in [1.165, 1.54) is 539 Å². The van der Waals surface area contributed by atoms with Crippen LogP contribution in [-0.4, -0.2) is 0 Å². The zero-order valence-corrected chi connectivity index (χ0v) is 87.3. The molecule has 6 atom stereocenters. The Labute approximate surface area is 757 Å². The normalized spacial score (nSPS) is 15.6. The molecule has 0 nitrogen and oxygen atoms in total. The van der Waals surface area contributed by atoms with E-state index in [2.05, 4.69) is 111 Å². The Morgan fingerprint density at radius 2 is 0.212 bits per heavy atom. The first-order valence-electron chi connectivity index (χ1n) is 58.2. The van der Waals surface area contributed by atoms with Gasteiger partial charge in [0, 0.05) is 0 Å². The van der Waals surface area contributed by atoms with Gasteiger partial charge in [0.05, 0.1) is 0 Å². The van der Waals surface area contributed by atoms with Crippen LogP contribution in [0, 0.1) is 35.5 Å². The minimum Gasteiger partial charge on any atom is -0.0654 e. The standard InChI is InChI=1S/C40H82.2C24H48.C9H20.3C7H16/c1-5-9-13-17-21-23-24-26-30-34-38-40(36-32-28-20-16-12-8-4)39(35-31-27-19-15-11-7-3)37-33-29-25-22-18-14-10-6-2;2*1-3-5-7-9-11-13-15-19-23-21-17-18-22-24(23)20-16-14-12-10-8-6-4-2;1-3-5-7-9-8-6-4-2;3*1-3-5-7-6-4-2/h39-40H,5-38H2,1-4H3;2*23-24H,3-22H2,1-2H3;3-9H2,1-2H3;3*3-7H2,1-2H3. The van der Waals surface area contributed by atoms with Gasteiger partial charge in [-0.25, -0.2) is 0 Å². The van der Waals surface area contributed by atoms with Gasteiger partial charge in [-0.05, 0) is 35.5 Å². The maximum absolute atomic E-state index is 2.35. The molecule has 0 aromatic rings. The Morgan fingerprint density at radius 1 is 0.119 bits per heavy atom. The topological polar surface area (TPSA) is 0 Å². The number of rotatable bonds is 85. The smallest absolute Gasteiger partial charge is 0.0386 e. The number of unbranched alkanes of at least 4 members (excludes halogenated alkanes) is 68. The summed E-state index contributed by atoms with van der Waals surface area (Å²) in [5.74, 6) is 6.42. The van der Waals surface area contributed by atoms with Crippen LogP contribution in [0.25, 0.3) is 0 Å². The third-order valence-electron chi connectivity index (χ3n) is 28.1. The molecule has 0 heterocycles. The van der Waals surface area contributed by atoms with Gasteiger partial charge in [-0.1, -0.05) is 727 Å². The Balaban J connectivity index is -0.000000469. The zero-order chi connectivity index (χ0) is 87.3. The molecule has 6 unspecified atom stereocenters. The summed E-state index contributed by atoms with van der Waals surface area (Å²) in [4.78, 5) is 0. The van der Waals surface area contributed by atoms with Gasteiger partial charge < -0.3 is 0 Å². The molecule has 0 heteroatoms. The third-order valence-corrected chi connectivity index (χ3v) is 28.1. The summed E-state index contributed by atoms with van der Waals surface area (Å²) in [5.41, 5.74) is 0. The van der Waals surface area contributed by atoms with Crippen LogP contribution in [0.4, 0.5) is 0 Å². The summed E-state index contributed by atoms with van der Waals surface area (Å²) in [6.07, 6.45) is 141. The first-order valence-corrected chi connectivity index (χ1v) is 58.2. The fourth-order valence-electron chi connectivity index (χ4n) is 19.6. The minimum atomic E-state index is 1.03. The lowest BCUT2D eigenvalue weighted by atomic mass is 9.74. The summed E-state index contributed by atoms with van der Waals surface area (Å²) in [7, 11) is 0. The van der Waals surface area contributed by atoms with Crippen molar-refractivity contribution in [3.63, 3.8) is 0 Å². The second-order valence-corrected chi connectivity index (χ2v) is 40.1. The highest BCUT2D eigenvalue weighted by Gasteiger charge is 2.26. The predicted octanol–water partition coefficient (Wildman–Crippen LogP) is 46.4. The lowest BCUT2D eigenvalue weighted by molar-refractivity contribution is 0.202. The van der Waals surface area contributed by atoms with Crippen molar-refractivity contribution >= 4 is 0 Å². The number of hydrogen-bond acceptors (Lipinski definition) is 0. The van der Waals surface area contributed by atoms with Crippen molar-refractivity contribution in [1.29, 1.82) is 0 Å². The van der Waals surface area contributed by atoms with E-state index in [4.69, 9.17) is 0 Å². The fourth-order valence-corrected chi connectivity index (χ4v) is 19.6. The zero-order valence-electron chi connectivity index (χ0n) is 87.3. The molecule has 0 bridgehead atoms. The molecule has 2 fully saturated rings. The summed E-state index contributed by atoms with van der Waals surface area (Å²) < 4.78 is 0. The Morgan fingerprint density at radius 3 is 0.331 bits per heavy atom. The van der Waals surface area contributed by atoms with Crippen LogP contribution in [0.3, 0.4) is 0 Å². The van der Waals surface area contributed by atoms with Gasteiger partial charge in [-0.3, -0.25) is 0 Å². The maximum Gasteiger partial charge on any atom is -0.0386 e. The molecule has 718 valence electrons. The minimum absolute atomic E-state index is 1.03. The SMILES string of the molecule is CCCCCCC.CCCCCCC.CCCCCCC.CCCCCCCCC.CCCCCCCCCC1CCCCC1CCCCCCCCC.CCCCCCCCCC1CCCCC1CCCCCCCCC.CCCCCCCCCCCCC(CCCCCCCC)C(CCCCCCCC)CCCCCCCCCC. The monoisotopic (exact) mass is 1660 g/mol. The molecule has 0 aromatic heterocycles. The third kappa shape index (κ3) is 110. The molecule has 0 radical (unpaired) electrons. The summed E-state index contributed by atoms with van der Waals surface area (Å²) in [6.45, 7) is 36.6. The van der Waals surface area contributed by atoms with Gasteiger partial charge in [0.25, 0.3) is 0 Å². The van der Waals surface area contributed by atoms with E-state index in [-0.39, 0.29) is 0 Å². The van der Waals surface area contributed by atoms with E-state index in [1.807, 2.05) is 0 Å². The van der Waals surface area contributed by atoms with Crippen molar-refractivity contribution in [1.82, 2.24) is 0 Å². The molecule has 2 aliphatic rings. The van der Waals surface area contributed by atoms with Crippen LogP contribution in [0.2, 0.25) is 0 Å². The molecular weight excluding hydrogens is 1420 g/mol. The molecule has 2 saturated carbocycles. The second-order valence-electron chi connectivity index (χ2n) is 40.1. The largest absolute Gasteiger partial charge is 0.0654 e. The van der Waals surface area contributed by atoms with Crippen molar-refractivity contribution in [2.45, 2.75) is 727 Å². The van der Waals surface area contributed by atoms with Crippen molar-refractivity contribution in [3.8, 4) is 0 Å². The van der Waals surface area contributed by atoms with E-state index >= 15 is 0 Å². The van der Waals surface area contributed by atoms with E-state index in [1.54, 1.807) is 77.0 Å². The van der Waals surface area contributed by atoms with E-state index in [9.17, 15) is 0 Å². The number of hydrogen-bond donors (Lipinski definition) is 0. The van der Waals surface area contributed by atoms with Crippen LogP contribution in [0.5, 0.6) is 0 Å². The summed E-state index contributed by atoms with van der Waals surface area (Å²) in [5, 5.41) is 0. The summed E-state index contributed by atoms with van der Waals surface area (Å²) >= 11 is 0. The van der Waals surface area contributed by atoms with E-state index < -0.39 is 0 Å². The van der Waals surface area contributed by atoms with Gasteiger partial charge in [0.2, 0.25) is 0 Å². The fraction of sp³-hybridized carbons (Fsp3) is 1.00. The van der Waals surface area contributed by atoms with Gasteiger partial charge >= 0.3 is 0 Å². The highest BCUT2D eigenvalue weighted by molar-refractivity contribution is 4.78. The molecule has 0 aromatic carbocycles. The Kier molecular flexibility index (Phi) is 130.